The van der Waals surface area contributed by atoms with E-state index in [2.05, 4.69) is 5.16 Å². The van der Waals surface area contributed by atoms with E-state index in [9.17, 15) is 4.79 Å². The fourth-order valence-electron chi connectivity index (χ4n) is 2.86. The number of hydrogen-bond donors (Lipinski definition) is 0. The Hall–Kier alpha value is -2.59. The molecule has 0 fully saturated rings. The van der Waals surface area contributed by atoms with E-state index in [1.54, 1.807) is 12.1 Å². The third kappa shape index (κ3) is 4.52. The molecular weight excluding hydrogens is 350 g/mol. The fraction of sp³-hybridized carbons (Fsp3) is 0.238. The number of halogens is 1. The van der Waals surface area contributed by atoms with Gasteiger partial charge in [-0.3, -0.25) is 4.79 Å². The Bertz CT molecular complexity index is 883. The topological polar surface area (TPSA) is 52.3 Å². The van der Waals surface area contributed by atoms with E-state index in [0.717, 1.165) is 28.1 Å². The lowest BCUT2D eigenvalue weighted by Crippen LogP contribution is -2.11. The van der Waals surface area contributed by atoms with Crippen LogP contribution < -0.4 is 4.74 Å². The summed E-state index contributed by atoms with van der Waals surface area (Å²) in [6.45, 7) is 3.71. The van der Waals surface area contributed by atoms with Crippen LogP contribution in [0, 0.1) is 13.8 Å². The number of aryl methyl sites for hydroxylation is 2. The molecule has 0 saturated heterocycles. The third-order valence-corrected chi connectivity index (χ3v) is 4.48. The van der Waals surface area contributed by atoms with Crippen molar-refractivity contribution in [2.45, 2.75) is 33.1 Å². The van der Waals surface area contributed by atoms with Gasteiger partial charge in [-0.25, -0.2) is 0 Å². The van der Waals surface area contributed by atoms with Crippen LogP contribution in [-0.2, 0) is 17.6 Å². The van der Waals surface area contributed by atoms with Gasteiger partial charge in [0, 0.05) is 22.6 Å². The molecule has 4 nitrogen and oxygen atoms in total. The zero-order valence-corrected chi connectivity index (χ0v) is 15.5. The summed E-state index contributed by atoms with van der Waals surface area (Å²) in [5.74, 6) is 0.996. The van der Waals surface area contributed by atoms with Crippen LogP contribution in [0.25, 0.3) is 0 Å². The normalized spacial score (nSPS) is 10.7. The monoisotopic (exact) mass is 369 g/mol. The second kappa shape index (κ2) is 8.19. The smallest absolute Gasteiger partial charge is 0.311 e. The largest absolute Gasteiger partial charge is 0.426 e. The molecule has 0 bridgehead atoms. The molecule has 1 heterocycles. The predicted molar refractivity (Wildman–Crippen MR) is 101 cm³/mol. The molecule has 0 saturated carbocycles. The van der Waals surface area contributed by atoms with Crippen molar-refractivity contribution in [1.82, 2.24) is 5.16 Å². The van der Waals surface area contributed by atoms with Crippen molar-refractivity contribution in [3.8, 4) is 5.75 Å². The summed E-state index contributed by atoms with van der Waals surface area (Å²) >= 11 is 6.13. The number of carbonyl (C=O) groups excluding carboxylic acids is 1. The van der Waals surface area contributed by atoms with Crippen LogP contribution in [0.3, 0.4) is 0 Å². The Morgan fingerprint density at radius 3 is 2.62 bits per heavy atom. The Kier molecular flexibility index (Phi) is 5.74. The summed E-state index contributed by atoms with van der Waals surface area (Å²) in [4.78, 5) is 12.3. The van der Waals surface area contributed by atoms with Gasteiger partial charge in [-0.15, -0.1) is 0 Å². The first-order valence-electron chi connectivity index (χ1n) is 8.47. The van der Waals surface area contributed by atoms with Gasteiger partial charge >= 0.3 is 5.97 Å². The number of esters is 1. The maximum atomic E-state index is 12.3. The molecule has 3 aromatic rings. The van der Waals surface area contributed by atoms with Crippen molar-refractivity contribution in [2.75, 3.05) is 0 Å². The van der Waals surface area contributed by atoms with Gasteiger partial charge in [0.15, 0.2) is 0 Å². The maximum Gasteiger partial charge on any atom is 0.311 e. The Balaban J connectivity index is 1.69. The molecule has 0 aliphatic heterocycles. The first-order valence-corrected chi connectivity index (χ1v) is 8.85. The number of nitrogens with zero attached hydrogens (tertiary/aromatic N) is 1. The van der Waals surface area contributed by atoms with E-state index in [4.69, 9.17) is 20.9 Å². The summed E-state index contributed by atoms with van der Waals surface area (Å²) in [6.07, 6.45) is 1.45. The van der Waals surface area contributed by atoms with E-state index in [1.165, 1.54) is 0 Å². The molecule has 0 amide bonds. The zero-order chi connectivity index (χ0) is 18.5. The van der Waals surface area contributed by atoms with Crippen LogP contribution in [-0.4, -0.2) is 11.1 Å². The minimum Gasteiger partial charge on any atom is -0.426 e. The number of ether oxygens (including phenoxy) is 1. The number of benzene rings is 2. The van der Waals surface area contributed by atoms with E-state index in [0.29, 0.717) is 23.6 Å². The summed E-state index contributed by atoms with van der Waals surface area (Å²) in [5.41, 5.74) is 3.78. The minimum atomic E-state index is -0.290. The number of aromatic nitrogens is 1. The second-order valence-corrected chi connectivity index (χ2v) is 6.63. The highest BCUT2D eigenvalue weighted by atomic mass is 35.5. The highest BCUT2D eigenvalue weighted by Gasteiger charge is 2.14. The van der Waals surface area contributed by atoms with Crippen LogP contribution in [0.4, 0.5) is 0 Å². The molecule has 0 N–H and O–H groups in total. The second-order valence-electron chi connectivity index (χ2n) is 6.19. The predicted octanol–water partition coefficient (Wildman–Crippen LogP) is 5.07. The van der Waals surface area contributed by atoms with E-state index in [1.807, 2.05) is 50.2 Å². The van der Waals surface area contributed by atoms with Crippen molar-refractivity contribution in [2.24, 2.45) is 0 Å². The Morgan fingerprint density at radius 2 is 1.92 bits per heavy atom. The SMILES string of the molecule is Cc1noc(C)c1CCC(=O)Oc1ccc(Cl)cc1Cc1ccccc1. The number of hydrogen-bond acceptors (Lipinski definition) is 4. The average Bonchev–Trinajstić information content (AvgIpc) is 2.94. The van der Waals surface area contributed by atoms with Gasteiger partial charge in [-0.05, 0) is 44.0 Å². The Labute approximate surface area is 157 Å². The molecule has 0 spiro atoms. The van der Waals surface area contributed by atoms with Gasteiger partial charge < -0.3 is 9.26 Å². The summed E-state index contributed by atoms with van der Waals surface area (Å²) in [5, 5.41) is 4.52. The van der Waals surface area contributed by atoms with Gasteiger partial charge in [0.05, 0.1) is 12.1 Å². The molecule has 26 heavy (non-hydrogen) atoms. The van der Waals surface area contributed by atoms with Crippen LogP contribution in [0.1, 0.15) is 34.6 Å². The van der Waals surface area contributed by atoms with E-state index < -0.39 is 0 Å². The molecule has 0 aliphatic rings. The van der Waals surface area contributed by atoms with Gasteiger partial charge in [0.25, 0.3) is 0 Å². The summed E-state index contributed by atoms with van der Waals surface area (Å²) < 4.78 is 10.7. The molecule has 134 valence electrons. The van der Waals surface area contributed by atoms with Crippen molar-refractivity contribution < 1.29 is 14.1 Å². The fourth-order valence-corrected chi connectivity index (χ4v) is 3.06. The lowest BCUT2D eigenvalue weighted by molar-refractivity contribution is -0.134. The van der Waals surface area contributed by atoms with Gasteiger partial charge in [0.1, 0.15) is 11.5 Å². The van der Waals surface area contributed by atoms with E-state index >= 15 is 0 Å². The average molecular weight is 370 g/mol. The van der Waals surface area contributed by atoms with Gasteiger partial charge in [-0.2, -0.15) is 0 Å². The van der Waals surface area contributed by atoms with Crippen LogP contribution in [0.15, 0.2) is 53.1 Å². The number of rotatable bonds is 6. The molecule has 3 rings (SSSR count). The first-order chi connectivity index (χ1) is 12.5. The quantitative estimate of drug-likeness (QED) is 0.449. The van der Waals surface area contributed by atoms with Gasteiger partial charge in [0.2, 0.25) is 0 Å². The maximum absolute atomic E-state index is 12.3. The molecule has 0 radical (unpaired) electrons. The highest BCUT2D eigenvalue weighted by Crippen LogP contribution is 2.26. The number of carbonyl (C=O) groups is 1. The zero-order valence-electron chi connectivity index (χ0n) is 14.8. The molecule has 5 heteroatoms. The van der Waals surface area contributed by atoms with Crippen LogP contribution in [0.5, 0.6) is 5.75 Å². The van der Waals surface area contributed by atoms with Crippen LogP contribution >= 0.6 is 11.6 Å². The van der Waals surface area contributed by atoms with Crippen molar-refractivity contribution in [1.29, 1.82) is 0 Å². The third-order valence-electron chi connectivity index (χ3n) is 4.24. The lowest BCUT2D eigenvalue weighted by Gasteiger charge is -2.11. The molecule has 0 atom stereocenters. The summed E-state index contributed by atoms with van der Waals surface area (Å²) in [7, 11) is 0. The summed E-state index contributed by atoms with van der Waals surface area (Å²) in [6, 6.07) is 15.3. The van der Waals surface area contributed by atoms with Crippen molar-refractivity contribution in [3.63, 3.8) is 0 Å². The van der Waals surface area contributed by atoms with Crippen LogP contribution in [0.2, 0.25) is 5.02 Å². The first kappa shape index (κ1) is 18.2. The van der Waals surface area contributed by atoms with E-state index in [-0.39, 0.29) is 12.4 Å². The molecular formula is C21H20ClNO3. The lowest BCUT2D eigenvalue weighted by atomic mass is 10.0. The standard InChI is InChI=1S/C21H20ClNO3/c1-14-19(15(2)26-23-14)9-11-21(24)25-20-10-8-18(22)13-17(20)12-16-6-4-3-5-7-16/h3-8,10,13H,9,11-12H2,1-2H3. The van der Waals surface area contributed by atoms with Crippen molar-refractivity contribution >= 4 is 17.6 Å². The molecule has 0 unspecified atom stereocenters. The molecule has 2 aromatic carbocycles. The Morgan fingerprint density at radius 1 is 1.15 bits per heavy atom. The highest BCUT2D eigenvalue weighted by molar-refractivity contribution is 6.30. The minimum absolute atomic E-state index is 0.260. The van der Waals surface area contributed by atoms with Gasteiger partial charge in [-0.1, -0.05) is 47.1 Å². The molecule has 0 aliphatic carbocycles. The molecule has 1 aromatic heterocycles. The van der Waals surface area contributed by atoms with Crippen molar-refractivity contribution in [3.05, 3.63) is 81.7 Å².